The molecule has 0 aliphatic heterocycles. The third-order valence-electron chi connectivity index (χ3n) is 9.08. The first-order valence-electron chi connectivity index (χ1n) is 15.4. The zero-order valence-electron chi connectivity index (χ0n) is 24.6. The van der Waals surface area contributed by atoms with Crippen LogP contribution in [0, 0.1) is 0 Å². The van der Waals surface area contributed by atoms with Crippen LogP contribution in [0.1, 0.15) is 0 Å². The maximum atomic E-state index is 2.40. The number of hydrogen-bond donors (Lipinski definition) is 0. The first-order chi connectivity index (χ1) is 22.3. The van der Waals surface area contributed by atoms with Gasteiger partial charge in [0, 0.05) is 20.2 Å². The van der Waals surface area contributed by atoms with Crippen molar-refractivity contribution in [2.24, 2.45) is 0 Å². The Balaban J connectivity index is 1.24. The summed E-state index contributed by atoms with van der Waals surface area (Å²) < 4.78 is 2.69. The molecule has 0 aliphatic carbocycles. The summed E-state index contributed by atoms with van der Waals surface area (Å²) in [7, 11) is 0. The third-order valence-corrected chi connectivity index (χ3v) is 10.3. The van der Waals surface area contributed by atoms with E-state index in [1.807, 2.05) is 11.3 Å². The molecular weight excluding hydrogens is 561 g/mol. The van der Waals surface area contributed by atoms with Crippen molar-refractivity contribution in [1.29, 1.82) is 0 Å². The minimum Gasteiger partial charge on any atom is -0.135 e. The summed E-state index contributed by atoms with van der Waals surface area (Å²) in [6.07, 6.45) is 0. The molecule has 0 atom stereocenters. The Morgan fingerprint density at radius 3 is 1.49 bits per heavy atom. The minimum absolute atomic E-state index is 1.22. The second kappa shape index (κ2) is 10.6. The van der Waals surface area contributed by atoms with Crippen LogP contribution in [0.2, 0.25) is 0 Å². The normalized spacial score (nSPS) is 11.6. The fourth-order valence-electron chi connectivity index (χ4n) is 7.01. The van der Waals surface area contributed by atoms with Crippen LogP contribution < -0.4 is 0 Å². The molecule has 0 unspecified atom stereocenters. The molecule has 0 fully saturated rings. The van der Waals surface area contributed by atoms with Gasteiger partial charge in [-0.2, -0.15) is 0 Å². The summed E-state index contributed by atoms with van der Waals surface area (Å²) in [4.78, 5) is 0. The smallest absolute Gasteiger partial charge is 0.0433 e. The van der Waals surface area contributed by atoms with Gasteiger partial charge in [0.2, 0.25) is 0 Å². The number of rotatable bonds is 4. The molecule has 0 radical (unpaired) electrons. The lowest BCUT2D eigenvalue weighted by atomic mass is 9.85. The van der Waals surface area contributed by atoms with Gasteiger partial charge >= 0.3 is 0 Å². The van der Waals surface area contributed by atoms with E-state index >= 15 is 0 Å². The van der Waals surface area contributed by atoms with E-state index in [-0.39, 0.29) is 0 Å². The van der Waals surface area contributed by atoms with E-state index in [0.717, 1.165) is 0 Å². The number of benzene rings is 8. The molecule has 210 valence electrons. The first-order valence-corrected chi connectivity index (χ1v) is 16.3. The predicted molar refractivity (Wildman–Crippen MR) is 196 cm³/mol. The van der Waals surface area contributed by atoms with Crippen molar-refractivity contribution in [2.75, 3.05) is 0 Å². The standard InChI is InChI=1S/C44H28S/c1-3-12-31(13-4-1)42-36-17-7-8-18-37(36)43(32-14-5-2-6-15-32)40-28-33(26-27-38(40)42)29-22-24-30(25-23-29)34-19-11-20-39-35-16-9-10-21-41(35)45-44(34)39/h1-28H. The molecule has 45 heavy (non-hydrogen) atoms. The van der Waals surface area contributed by atoms with Crippen LogP contribution in [0.5, 0.6) is 0 Å². The van der Waals surface area contributed by atoms with Crippen LogP contribution in [0.25, 0.3) is 86.2 Å². The van der Waals surface area contributed by atoms with Crippen molar-refractivity contribution in [3.63, 3.8) is 0 Å². The molecule has 9 aromatic rings. The van der Waals surface area contributed by atoms with Crippen LogP contribution in [0.4, 0.5) is 0 Å². The number of hydrogen-bond acceptors (Lipinski definition) is 1. The quantitative estimate of drug-likeness (QED) is 0.179. The van der Waals surface area contributed by atoms with Crippen LogP contribution in [0.15, 0.2) is 170 Å². The summed E-state index contributed by atoms with van der Waals surface area (Å²) in [5, 5.41) is 7.78. The van der Waals surface area contributed by atoms with Crippen LogP contribution >= 0.6 is 11.3 Å². The van der Waals surface area contributed by atoms with Gasteiger partial charge in [0.15, 0.2) is 0 Å². The molecule has 0 bridgehead atoms. The van der Waals surface area contributed by atoms with Gasteiger partial charge in [-0.3, -0.25) is 0 Å². The lowest BCUT2D eigenvalue weighted by Crippen LogP contribution is -1.91. The molecule has 8 aromatic carbocycles. The molecule has 0 amide bonds. The SMILES string of the molecule is c1ccc(-c2c3ccccc3c(-c3ccccc3)c3cc(-c4ccc(-c5cccc6c5sc5ccccc56)cc4)ccc23)cc1. The third kappa shape index (κ3) is 4.28. The van der Waals surface area contributed by atoms with Gasteiger partial charge in [0.1, 0.15) is 0 Å². The lowest BCUT2D eigenvalue weighted by Gasteiger charge is -2.18. The van der Waals surface area contributed by atoms with E-state index in [9.17, 15) is 0 Å². The highest BCUT2D eigenvalue weighted by Crippen LogP contribution is 2.45. The Morgan fingerprint density at radius 1 is 0.289 bits per heavy atom. The van der Waals surface area contributed by atoms with E-state index in [1.54, 1.807) is 0 Å². The molecule has 0 spiro atoms. The maximum absolute atomic E-state index is 2.40. The Bertz CT molecular complexity index is 2500. The second-order valence-corrected chi connectivity index (χ2v) is 12.7. The first kappa shape index (κ1) is 25.9. The van der Waals surface area contributed by atoms with Crippen molar-refractivity contribution in [1.82, 2.24) is 0 Å². The Morgan fingerprint density at radius 2 is 0.800 bits per heavy atom. The average Bonchev–Trinajstić information content (AvgIpc) is 3.50. The Kier molecular flexibility index (Phi) is 6.11. The van der Waals surface area contributed by atoms with Gasteiger partial charge in [-0.25, -0.2) is 0 Å². The highest BCUT2D eigenvalue weighted by Gasteiger charge is 2.17. The van der Waals surface area contributed by atoms with Gasteiger partial charge in [-0.05, 0) is 78.2 Å². The Hall–Kier alpha value is -5.50. The second-order valence-electron chi connectivity index (χ2n) is 11.6. The Labute approximate surface area is 266 Å². The molecule has 1 aromatic heterocycles. The summed E-state index contributed by atoms with van der Waals surface area (Å²) in [5.74, 6) is 0. The highest BCUT2D eigenvalue weighted by atomic mass is 32.1. The lowest BCUT2D eigenvalue weighted by molar-refractivity contribution is 1.62. The van der Waals surface area contributed by atoms with Crippen molar-refractivity contribution in [3.8, 4) is 44.5 Å². The van der Waals surface area contributed by atoms with E-state index in [2.05, 4.69) is 170 Å². The van der Waals surface area contributed by atoms with Gasteiger partial charge in [-0.1, -0.05) is 158 Å². The molecular formula is C44H28S. The van der Waals surface area contributed by atoms with E-state index in [1.165, 1.54) is 86.2 Å². The summed E-state index contributed by atoms with van der Waals surface area (Å²) >= 11 is 1.88. The van der Waals surface area contributed by atoms with Crippen molar-refractivity contribution < 1.29 is 0 Å². The van der Waals surface area contributed by atoms with Gasteiger partial charge in [0.25, 0.3) is 0 Å². The summed E-state index contributed by atoms with van der Waals surface area (Å²) in [5.41, 5.74) is 10.0. The van der Waals surface area contributed by atoms with E-state index in [0.29, 0.717) is 0 Å². The number of thiophene rings is 1. The molecule has 0 saturated carbocycles. The molecule has 1 heteroatoms. The van der Waals surface area contributed by atoms with Crippen molar-refractivity contribution in [2.45, 2.75) is 0 Å². The van der Waals surface area contributed by atoms with E-state index in [4.69, 9.17) is 0 Å². The predicted octanol–water partition coefficient (Wildman–Crippen LogP) is 13.0. The van der Waals surface area contributed by atoms with Crippen LogP contribution in [-0.2, 0) is 0 Å². The van der Waals surface area contributed by atoms with E-state index < -0.39 is 0 Å². The fourth-order valence-corrected chi connectivity index (χ4v) is 8.24. The van der Waals surface area contributed by atoms with Gasteiger partial charge < -0.3 is 0 Å². The van der Waals surface area contributed by atoms with Crippen LogP contribution in [0.3, 0.4) is 0 Å². The zero-order valence-corrected chi connectivity index (χ0v) is 25.4. The highest BCUT2D eigenvalue weighted by molar-refractivity contribution is 7.26. The maximum Gasteiger partial charge on any atom is 0.0433 e. The topological polar surface area (TPSA) is 0 Å². The monoisotopic (exact) mass is 588 g/mol. The number of fused-ring (bicyclic) bond motifs is 5. The van der Waals surface area contributed by atoms with Gasteiger partial charge in [0.05, 0.1) is 0 Å². The summed E-state index contributed by atoms with van der Waals surface area (Å²) in [6.45, 7) is 0. The summed E-state index contributed by atoms with van der Waals surface area (Å²) in [6, 6.07) is 62.1. The van der Waals surface area contributed by atoms with Crippen molar-refractivity contribution in [3.05, 3.63) is 170 Å². The van der Waals surface area contributed by atoms with Crippen molar-refractivity contribution >= 4 is 53.1 Å². The van der Waals surface area contributed by atoms with Gasteiger partial charge in [-0.15, -0.1) is 11.3 Å². The fraction of sp³-hybridized carbons (Fsp3) is 0. The largest absolute Gasteiger partial charge is 0.135 e. The zero-order chi connectivity index (χ0) is 29.7. The molecule has 0 N–H and O–H groups in total. The molecule has 1 heterocycles. The molecule has 0 aliphatic rings. The van der Waals surface area contributed by atoms with Crippen LogP contribution in [-0.4, -0.2) is 0 Å². The molecule has 0 nitrogen and oxygen atoms in total. The minimum atomic E-state index is 1.22. The molecule has 0 saturated heterocycles. The average molecular weight is 589 g/mol. The molecule has 9 rings (SSSR count).